The molecule has 0 saturated heterocycles. The summed E-state index contributed by atoms with van der Waals surface area (Å²) in [5, 5.41) is 0. The number of halogens is 2. The fraction of sp³-hybridized carbons (Fsp3) is 0. The van der Waals surface area contributed by atoms with Gasteiger partial charge in [-0.15, -0.1) is 0 Å². The average Bonchev–Trinajstić information content (AvgIpc) is 2.65. The second-order valence-corrected chi connectivity index (χ2v) is 7.03. The van der Waals surface area contributed by atoms with E-state index in [0.717, 1.165) is 42.5 Å². The summed E-state index contributed by atoms with van der Waals surface area (Å²) in [5.74, 6) is 0. The van der Waals surface area contributed by atoms with E-state index in [1.165, 1.54) is 0 Å². The topological polar surface area (TPSA) is 25.8 Å². The summed E-state index contributed by atoms with van der Waals surface area (Å²) < 4.78 is 1.89. The fourth-order valence-electron chi connectivity index (χ4n) is 2.66. The zero-order chi connectivity index (χ0) is 16.5. The molecule has 0 spiro atoms. The van der Waals surface area contributed by atoms with E-state index >= 15 is 0 Å². The van der Waals surface area contributed by atoms with Crippen molar-refractivity contribution in [1.82, 2.24) is 9.97 Å². The zero-order valence-corrected chi connectivity index (χ0v) is 15.8. The molecule has 2 nitrogen and oxygen atoms in total. The Morgan fingerprint density at radius 3 is 1.71 bits per heavy atom. The summed E-state index contributed by atoms with van der Waals surface area (Å²) in [6.45, 7) is 0. The maximum absolute atomic E-state index is 4.94. The Labute approximate surface area is 156 Å². The number of rotatable bonds is 2. The van der Waals surface area contributed by atoms with Crippen LogP contribution < -0.4 is 0 Å². The molecule has 24 heavy (non-hydrogen) atoms. The molecule has 0 atom stereocenters. The second-order valence-electron chi connectivity index (χ2n) is 5.38. The van der Waals surface area contributed by atoms with Crippen LogP contribution >= 0.6 is 31.9 Å². The molecule has 3 aromatic carbocycles. The Hall–Kier alpha value is -2.04. The van der Waals surface area contributed by atoms with Gasteiger partial charge in [-0.25, -0.2) is 9.97 Å². The lowest BCUT2D eigenvalue weighted by molar-refractivity contribution is 1.28. The molecular weight excluding hydrogens is 428 g/mol. The molecule has 4 aromatic rings. The van der Waals surface area contributed by atoms with E-state index in [9.17, 15) is 0 Å². The van der Waals surface area contributed by atoms with Gasteiger partial charge in [0.2, 0.25) is 0 Å². The number of nitrogens with zero attached hydrogens (tertiary/aromatic N) is 2. The molecule has 0 aliphatic rings. The van der Waals surface area contributed by atoms with Crippen LogP contribution in [-0.4, -0.2) is 9.97 Å². The van der Waals surface area contributed by atoms with Gasteiger partial charge in [-0.2, -0.15) is 0 Å². The van der Waals surface area contributed by atoms with Crippen molar-refractivity contribution in [1.29, 1.82) is 0 Å². The van der Waals surface area contributed by atoms with Crippen molar-refractivity contribution >= 4 is 42.9 Å². The second kappa shape index (κ2) is 6.46. The predicted octanol–water partition coefficient (Wildman–Crippen LogP) is 6.49. The summed E-state index contributed by atoms with van der Waals surface area (Å²) in [6.07, 6.45) is 0. The Kier molecular flexibility index (Phi) is 4.17. The van der Waals surface area contributed by atoms with Gasteiger partial charge in [-0.05, 0) is 44.0 Å². The molecule has 4 rings (SSSR count). The van der Waals surface area contributed by atoms with Crippen LogP contribution in [0.5, 0.6) is 0 Å². The summed E-state index contributed by atoms with van der Waals surface area (Å²) in [5.41, 5.74) is 5.60. The number of aromatic nitrogens is 2. The first-order valence-electron chi connectivity index (χ1n) is 7.50. The third-order valence-corrected chi connectivity index (χ3v) is 5.82. The van der Waals surface area contributed by atoms with Crippen molar-refractivity contribution in [2.45, 2.75) is 0 Å². The van der Waals surface area contributed by atoms with Crippen molar-refractivity contribution < 1.29 is 0 Å². The molecule has 0 radical (unpaired) electrons. The van der Waals surface area contributed by atoms with E-state index in [4.69, 9.17) is 9.97 Å². The molecule has 0 fully saturated rings. The lowest BCUT2D eigenvalue weighted by Gasteiger charge is -2.11. The molecule has 1 heterocycles. The van der Waals surface area contributed by atoms with E-state index in [1.807, 2.05) is 48.5 Å². The maximum atomic E-state index is 4.94. The lowest BCUT2D eigenvalue weighted by atomic mass is 10.0. The van der Waals surface area contributed by atoms with Gasteiger partial charge < -0.3 is 0 Å². The maximum Gasteiger partial charge on any atom is 0.105 e. The van der Waals surface area contributed by atoms with Gasteiger partial charge in [0.25, 0.3) is 0 Å². The number of fused-ring (bicyclic) bond motifs is 1. The number of benzene rings is 3. The molecule has 0 unspecified atom stereocenters. The SMILES string of the molecule is Brc1ccc2nc(-c3ccccc3)c(-c3ccccc3)nc2c1Br. The Morgan fingerprint density at radius 2 is 1.12 bits per heavy atom. The zero-order valence-electron chi connectivity index (χ0n) is 12.6. The fourth-order valence-corrected chi connectivity index (χ4v) is 3.40. The van der Waals surface area contributed by atoms with Crippen molar-refractivity contribution in [3.05, 3.63) is 81.7 Å². The smallest absolute Gasteiger partial charge is 0.105 e. The first-order chi connectivity index (χ1) is 11.7. The molecule has 0 N–H and O–H groups in total. The van der Waals surface area contributed by atoms with Crippen LogP contribution in [0.15, 0.2) is 81.7 Å². The minimum atomic E-state index is 0.850. The molecule has 116 valence electrons. The van der Waals surface area contributed by atoms with Gasteiger partial charge in [-0.1, -0.05) is 60.7 Å². The van der Waals surface area contributed by atoms with Crippen molar-refractivity contribution in [3.8, 4) is 22.5 Å². The van der Waals surface area contributed by atoms with Crippen LogP contribution in [0.4, 0.5) is 0 Å². The minimum Gasteiger partial charge on any atom is -0.244 e. The van der Waals surface area contributed by atoms with Gasteiger partial charge in [-0.3, -0.25) is 0 Å². The first kappa shape index (κ1) is 15.5. The van der Waals surface area contributed by atoms with Gasteiger partial charge in [0.05, 0.1) is 21.4 Å². The summed E-state index contributed by atoms with van der Waals surface area (Å²) in [7, 11) is 0. The average molecular weight is 440 g/mol. The Bertz CT molecular complexity index is 1020. The van der Waals surface area contributed by atoms with Crippen LogP contribution in [-0.2, 0) is 0 Å². The highest BCUT2D eigenvalue weighted by Gasteiger charge is 2.15. The third kappa shape index (κ3) is 2.76. The van der Waals surface area contributed by atoms with Gasteiger partial charge in [0.15, 0.2) is 0 Å². The number of hydrogen-bond acceptors (Lipinski definition) is 2. The van der Waals surface area contributed by atoms with Crippen LogP contribution in [0.25, 0.3) is 33.5 Å². The van der Waals surface area contributed by atoms with Crippen LogP contribution in [0.3, 0.4) is 0 Å². The standard InChI is InChI=1S/C20H12Br2N2/c21-15-11-12-16-20(17(15)22)24-19(14-9-5-2-6-10-14)18(23-16)13-7-3-1-4-8-13/h1-12H. The molecule has 0 bridgehead atoms. The number of hydrogen-bond donors (Lipinski definition) is 0. The Balaban J connectivity index is 2.08. The van der Waals surface area contributed by atoms with E-state index in [1.54, 1.807) is 0 Å². The predicted molar refractivity (Wildman–Crippen MR) is 106 cm³/mol. The van der Waals surface area contributed by atoms with Crippen LogP contribution in [0.2, 0.25) is 0 Å². The van der Waals surface area contributed by atoms with Gasteiger partial charge in [0, 0.05) is 15.6 Å². The van der Waals surface area contributed by atoms with Crippen molar-refractivity contribution in [2.24, 2.45) is 0 Å². The highest BCUT2D eigenvalue weighted by Crippen LogP contribution is 2.35. The molecule has 0 saturated carbocycles. The first-order valence-corrected chi connectivity index (χ1v) is 9.09. The minimum absolute atomic E-state index is 0.850. The third-order valence-electron chi connectivity index (χ3n) is 3.82. The molecule has 0 aliphatic carbocycles. The lowest BCUT2D eigenvalue weighted by Crippen LogP contribution is -1.96. The van der Waals surface area contributed by atoms with E-state index < -0.39 is 0 Å². The Morgan fingerprint density at radius 1 is 0.583 bits per heavy atom. The summed E-state index contributed by atoms with van der Waals surface area (Å²) in [6, 6.07) is 24.3. The summed E-state index contributed by atoms with van der Waals surface area (Å²) >= 11 is 7.16. The highest BCUT2D eigenvalue weighted by molar-refractivity contribution is 9.13. The van der Waals surface area contributed by atoms with Gasteiger partial charge >= 0.3 is 0 Å². The van der Waals surface area contributed by atoms with Crippen molar-refractivity contribution in [2.75, 3.05) is 0 Å². The quantitative estimate of drug-likeness (QED) is 0.356. The monoisotopic (exact) mass is 438 g/mol. The summed E-state index contributed by atoms with van der Waals surface area (Å²) in [4.78, 5) is 9.85. The molecule has 4 heteroatoms. The largest absolute Gasteiger partial charge is 0.244 e. The molecule has 0 amide bonds. The van der Waals surface area contributed by atoms with E-state index in [-0.39, 0.29) is 0 Å². The van der Waals surface area contributed by atoms with E-state index in [0.29, 0.717) is 0 Å². The highest BCUT2D eigenvalue weighted by atomic mass is 79.9. The normalized spacial score (nSPS) is 10.9. The van der Waals surface area contributed by atoms with Crippen molar-refractivity contribution in [3.63, 3.8) is 0 Å². The van der Waals surface area contributed by atoms with Crippen LogP contribution in [0, 0.1) is 0 Å². The van der Waals surface area contributed by atoms with Gasteiger partial charge in [0.1, 0.15) is 5.52 Å². The molecule has 0 aliphatic heterocycles. The molecule has 1 aromatic heterocycles. The van der Waals surface area contributed by atoms with E-state index in [2.05, 4.69) is 56.1 Å². The molecular formula is C20H12Br2N2. The van der Waals surface area contributed by atoms with Crippen LogP contribution in [0.1, 0.15) is 0 Å².